The van der Waals surface area contributed by atoms with Crippen molar-refractivity contribution in [1.82, 2.24) is 9.69 Å². The third kappa shape index (κ3) is 5.85. The van der Waals surface area contributed by atoms with E-state index >= 15 is 0 Å². The van der Waals surface area contributed by atoms with Crippen LogP contribution in [0.3, 0.4) is 0 Å². The minimum absolute atomic E-state index is 0.0180. The van der Waals surface area contributed by atoms with Crippen LogP contribution in [0, 0.1) is 0 Å². The summed E-state index contributed by atoms with van der Waals surface area (Å²) in [4.78, 5) is 40.8. The molecule has 1 fully saturated rings. The summed E-state index contributed by atoms with van der Waals surface area (Å²) >= 11 is 6.85. The summed E-state index contributed by atoms with van der Waals surface area (Å²) in [6.07, 6.45) is 1.65. The molecule has 1 aromatic heterocycles. The Hall–Kier alpha value is -3.67. The SMILES string of the molecule is COc1ccc(N(C(=O)c2snc(C(N)=O)c2N)[C@H](C(=O)NC[C@H]2CCCO2)c2ccc(Cl)cc2)cc1. The van der Waals surface area contributed by atoms with Gasteiger partial charge in [-0.3, -0.25) is 19.3 Å². The van der Waals surface area contributed by atoms with Crippen LogP contribution in [0.2, 0.25) is 5.02 Å². The van der Waals surface area contributed by atoms with Crippen LogP contribution in [-0.2, 0) is 9.53 Å². The van der Waals surface area contributed by atoms with Gasteiger partial charge in [-0.15, -0.1) is 0 Å². The molecule has 2 aromatic carbocycles. The number of rotatable bonds is 9. The first-order valence-electron chi connectivity index (χ1n) is 11.5. The van der Waals surface area contributed by atoms with Crippen LogP contribution in [0.5, 0.6) is 5.75 Å². The average Bonchev–Trinajstić information content (AvgIpc) is 3.56. The highest BCUT2D eigenvalue weighted by Gasteiger charge is 2.36. The van der Waals surface area contributed by atoms with Gasteiger partial charge in [0.2, 0.25) is 5.91 Å². The molecular weight excluding hydrogens is 518 g/mol. The Morgan fingerprint density at radius 3 is 2.49 bits per heavy atom. The number of methoxy groups -OCH3 is 1. The number of hydrogen-bond acceptors (Lipinski definition) is 8. The van der Waals surface area contributed by atoms with E-state index in [1.54, 1.807) is 48.5 Å². The first kappa shape index (κ1) is 26.4. The molecule has 0 unspecified atom stereocenters. The van der Waals surface area contributed by atoms with Gasteiger partial charge in [0.15, 0.2) is 5.69 Å². The van der Waals surface area contributed by atoms with Crippen molar-refractivity contribution in [1.29, 1.82) is 0 Å². The number of nitrogens with two attached hydrogens (primary N) is 2. The van der Waals surface area contributed by atoms with Gasteiger partial charge in [-0.2, -0.15) is 4.37 Å². The Labute approximate surface area is 222 Å². The van der Waals surface area contributed by atoms with Crippen LogP contribution in [0.1, 0.15) is 44.6 Å². The van der Waals surface area contributed by atoms with Gasteiger partial charge in [-0.05, 0) is 66.3 Å². The van der Waals surface area contributed by atoms with Gasteiger partial charge in [0, 0.05) is 23.9 Å². The minimum atomic E-state index is -1.11. The lowest BCUT2D eigenvalue weighted by Gasteiger charge is -2.31. The number of ether oxygens (including phenoxy) is 2. The zero-order valence-electron chi connectivity index (χ0n) is 20.0. The summed E-state index contributed by atoms with van der Waals surface area (Å²) in [6, 6.07) is 12.2. The molecule has 0 saturated carbocycles. The van der Waals surface area contributed by atoms with Crippen LogP contribution in [0.25, 0.3) is 0 Å². The molecule has 1 saturated heterocycles. The van der Waals surface area contributed by atoms with E-state index in [1.165, 1.54) is 12.0 Å². The number of nitrogen functional groups attached to an aromatic ring is 1. The van der Waals surface area contributed by atoms with E-state index in [-0.39, 0.29) is 22.4 Å². The number of benzene rings is 2. The maximum atomic E-state index is 14.0. The topological polar surface area (TPSA) is 150 Å². The Morgan fingerprint density at radius 2 is 1.92 bits per heavy atom. The van der Waals surface area contributed by atoms with Gasteiger partial charge in [0.1, 0.15) is 16.7 Å². The Kier molecular flexibility index (Phi) is 8.27. The smallest absolute Gasteiger partial charge is 0.273 e. The molecule has 3 aromatic rings. The highest BCUT2D eigenvalue weighted by molar-refractivity contribution is 7.09. The molecule has 3 amide bonds. The van der Waals surface area contributed by atoms with Gasteiger partial charge in [-0.25, -0.2) is 0 Å². The van der Waals surface area contributed by atoms with E-state index in [4.69, 9.17) is 32.5 Å². The second-order valence-electron chi connectivity index (χ2n) is 8.35. The van der Waals surface area contributed by atoms with Crippen molar-refractivity contribution in [3.05, 3.63) is 69.7 Å². The molecule has 5 N–H and O–H groups in total. The molecule has 2 heterocycles. The summed E-state index contributed by atoms with van der Waals surface area (Å²) in [5, 5.41) is 3.40. The lowest BCUT2D eigenvalue weighted by atomic mass is 10.0. The molecule has 0 radical (unpaired) electrons. The number of hydrogen-bond donors (Lipinski definition) is 3. The van der Waals surface area contributed by atoms with Crippen molar-refractivity contribution < 1.29 is 23.9 Å². The standard InChI is InChI=1S/C25H26ClN5O5S/c1-35-17-10-8-16(9-11-17)31(25(34)22-19(27)20(23(28)32)30-37-22)21(14-4-6-15(26)7-5-14)24(33)29-13-18-3-2-12-36-18/h4-11,18,21H,2-3,12-13,27H2,1H3,(H2,28,32)(H,29,33)/t18-,21+/m1/s1. The zero-order chi connectivity index (χ0) is 26.5. The number of amides is 3. The van der Waals surface area contributed by atoms with Crippen molar-refractivity contribution in [2.75, 3.05) is 30.9 Å². The lowest BCUT2D eigenvalue weighted by molar-refractivity contribution is -0.123. The molecule has 12 heteroatoms. The number of anilines is 2. The van der Waals surface area contributed by atoms with Gasteiger partial charge in [0.05, 0.1) is 18.9 Å². The molecule has 194 valence electrons. The normalized spacial score (nSPS) is 15.7. The molecular formula is C25H26ClN5O5S. The first-order chi connectivity index (χ1) is 17.8. The van der Waals surface area contributed by atoms with Gasteiger partial charge >= 0.3 is 0 Å². The monoisotopic (exact) mass is 543 g/mol. The fourth-order valence-corrected chi connectivity index (χ4v) is 4.91. The van der Waals surface area contributed by atoms with Crippen molar-refractivity contribution in [3.8, 4) is 5.75 Å². The van der Waals surface area contributed by atoms with Crippen LogP contribution in [-0.4, -0.2) is 48.5 Å². The lowest BCUT2D eigenvalue weighted by Crippen LogP contribution is -2.45. The van der Waals surface area contributed by atoms with Crippen molar-refractivity contribution >= 4 is 52.2 Å². The maximum absolute atomic E-state index is 14.0. The van der Waals surface area contributed by atoms with Crippen molar-refractivity contribution in [2.45, 2.75) is 25.0 Å². The number of nitrogens with one attached hydrogen (secondary N) is 1. The van der Waals surface area contributed by atoms with Gasteiger partial charge < -0.3 is 26.3 Å². The molecule has 1 aliphatic heterocycles. The predicted octanol–water partition coefficient (Wildman–Crippen LogP) is 3.17. The average molecular weight is 544 g/mol. The van der Waals surface area contributed by atoms with E-state index in [0.717, 1.165) is 24.4 Å². The zero-order valence-corrected chi connectivity index (χ0v) is 21.6. The molecule has 0 bridgehead atoms. The maximum Gasteiger partial charge on any atom is 0.273 e. The quantitative estimate of drug-likeness (QED) is 0.375. The first-order valence-corrected chi connectivity index (χ1v) is 12.6. The highest BCUT2D eigenvalue weighted by Crippen LogP contribution is 2.34. The van der Waals surface area contributed by atoms with Crippen LogP contribution in [0.4, 0.5) is 11.4 Å². The molecule has 10 nitrogen and oxygen atoms in total. The fourth-order valence-electron chi connectivity index (χ4n) is 4.04. The van der Waals surface area contributed by atoms with Crippen LogP contribution >= 0.6 is 23.1 Å². The molecule has 0 spiro atoms. The number of carbonyl (C=O) groups is 3. The molecule has 4 rings (SSSR count). The number of aromatic nitrogens is 1. The van der Waals surface area contributed by atoms with E-state index in [2.05, 4.69) is 9.69 Å². The molecule has 0 aliphatic carbocycles. The summed E-state index contributed by atoms with van der Waals surface area (Å²) in [5.74, 6) is -1.34. The summed E-state index contributed by atoms with van der Waals surface area (Å²) < 4.78 is 14.8. The van der Waals surface area contributed by atoms with Crippen LogP contribution < -0.4 is 26.4 Å². The largest absolute Gasteiger partial charge is 0.497 e. The van der Waals surface area contributed by atoms with E-state index < -0.39 is 23.8 Å². The van der Waals surface area contributed by atoms with E-state index in [1.807, 2.05) is 0 Å². The molecule has 37 heavy (non-hydrogen) atoms. The second-order valence-corrected chi connectivity index (χ2v) is 9.56. The third-order valence-corrected chi connectivity index (χ3v) is 7.05. The number of nitrogens with zero attached hydrogens (tertiary/aromatic N) is 2. The third-order valence-electron chi connectivity index (χ3n) is 5.95. The number of halogens is 1. The summed E-state index contributed by atoms with van der Waals surface area (Å²) in [7, 11) is 1.52. The van der Waals surface area contributed by atoms with E-state index in [0.29, 0.717) is 35.2 Å². The van der Waals surface area contributed by atoms with Crippen molar-refractivity contribution in [3.63, 3.8) is 0 Å². The number of carbonyl (C=O) groups excluding carboxylic acids is 3. The van der Waals surface area contributed by atoms with E-state index in [9.17, 15) is 14.4 Å². The summed E-state index contributed by atoms with van der Waals surface area (Å²) in [5.41, 5.74) is 12.0. The Bertz CT molecular complexity index is 1280. The number of primary amides is 1. The molecule has 1 aliphatic rings. The highest BCUT2D eigenvalue weighted by atomic mass is 35.5. The Morgan fingerprint density at radius 1 is 1.22 bits per heavy atom. The minimum Gasteiger partial charge on any atom is -0.497 e. The molecule has 2 atom stereocenters. The van der Waals surface area contributed by atoms with Gasteiger partial charge in [-0.1, -0.05) is 23.7 Å². The Balaban J connectivity index is 1.80. The van der Waals surface area contributed by atoms with Crippen molar-refractivity contribution in [2.24, 2.45) is 5.73 Å². The van der Waals surface area contributed by atoms with Gasteiger partial charge in [0.25, 0.3) is 11.8 Å². The second kappa shape index (κ2) is 11.6. The van der Waals surface area contributed by atoms with Crippen LogP contribution in [0.15, 0.2) is 48.5 Å². The predicted molar refractivity (Wildman–Crippen MR) is 141 cm³/mol. The fraction of sp³-hybridized carbons (Fsp3) is 0.280. The summed E-state index contributed by atoms with van der Waals surface area (Å²) in [6.45, 7) is 0.937.